The lowest BCUT2D eigenvalue weighted by Gasteiger charge is -2.32. The summed E-state index contributed by atoms with van der Waals surface area (Å²) in [7, 11) is -0.501. The average molecular weight is 324 g/mol. The molecule has 1 aromatic carbocycles. The van der Waals surface area contributed by atoms with Crippen molar-refractivity contribution >= 4 is 25.8 Å². The number of hydrogen-bond acceptors (Lipinski definition) is 4. The van der Waals surface area contributed by atoms with E-state index in [2.05, 4.69) is 12.6 Å². The van der Waals surface area contributed by atoms with Crippen LogP contribution in [0.25, 0.3) is 6.08 Å². The minimum absolute atomic E-state index is 0.229. The van der Waals surface area contributed by atoms with E-state index in [1.165, 1.54) is 12.1 Å². The van der Waals surface area contributed by atoms with Gasteiger partial charge in [0.25, 0.3) is 0 Å². The lowest BCUT2D eigenvalue weighted by Crippen LogP contribution is -2.41. The molecule has 1 saturated heterocycles. The van der Waals surface area contributed by atoms with Crippen LogP contribution in [-0.2, 0) is 15.9 Å². The first-order chi connectivity index (χ1) is 10.2. The fraction of sp³-hybridized carbons (Fsp3) is 0.500. The second-order valence-electron chi connectivity index (χ2n) is 6.47. The van der Waals surface area contributed by atoms with Crippen molar-refractivity contribution in [2.24, 2.45) is 0 Å². The molecule has 0 aromatic heterocycles. The Labute approximate surface area is 137 Å². The number of hydrogen-bond donors (Lipinski definition) is 2. The quantitative estimate of drug-likeness (QED) is 0.660. The molecule has 1 N–H and O–H groups in total. The molecule has 0 atom stereocenters. The summed E-state index contributed by atoms with van der Waals surface area (Å²) in [5, 5.41) is 9.38. The van der Waals surface area contributed by atoms with Gasteiger partial charge in [-0.3, -0.25) is 0 Å². The number of halogens is 1. The van der Waals surface area contributed by atoms with Crippen molar-refractivity contribution in [1.82, 2.24) is 0 Å². The fourth-order valence-corrected chi connectivity index (χ4v) is 2.47. The molecule has 3 nitrogen and oxygen atoms in total. The number of thiol groups is 1. The molecule has 0 aliphatic carbocycles. The van der Waals surface area contributed by atoms with Crippen molar-refractivity contribution in [1.29, 1.82) is 0 Å². The third-order valence-electron chi connectivity index (χ3n) is 4.35. The van der Waals surface area contributed by atoms with Crippen LogP contribution in [0.2, 0.25) is 0 Å². The minimum atomic E-state index is -0.501. The van der Waals surface area contributed by atoms with Gasteiger partial charge in [0.05, 0.1) is 17.8 Å². The third kappa shape index (κ3) is 3.40. The molecule has 6 heteroatoms. The molecule has 1 aliphatic rings. The Morgan fingerprint density at radius 1 is 1.27 bits per heavy atom. The molecule has 1 aliphatic heterocycles. The molecule has 0 saturated carbocycles. The summed E-state index contributed by atoms with van der Waals surface area (Å²) in [5.74, 6) is 0.0725. The van der Waals surface area contributed by atoms with E-state index in [0.717, 1.165) is 11.0 Å². The van der Waals surface area contributed by atoms with Crippen LogP contribution in [0, 0.1) is 5.82 Å². The summed E-state index contributed by atoms with van der Waals surface area (Å²) in [5.41, 5.74) is 1.24. The van der Waals surface area contributed by atoms with E-state index in [1.807, 2.05) is 33.8 Å². The maximum Gasteiger partial charge on any atom is 0.491 e. The van der Waals surface area contributed by atoms with Crippen molar-refractivity contribution in [3.8, 4) is 0 Å². The van der Waals surface area contributed by atoms with Gasteiger partial charge < -0.3 is 14.4 Å². The summed E-state index contributed by atoms with van der Waals surface area (Å²) in [6.07, 6.45) is 1.85. The molecule has 1 aromatic rings. The summed E-state index contributed by atoms with van der Waals surface area (Å²) >= 11 is 4.35. The normalized spacial score (nSPS) is 20.5. The second kappa shape index (κ2) is 6.36. The number of aliphatic hydroxyl groups is 1. The van der Waals surface area contributed by atoms with E-state index >= 15 is 0 Å². The zero-order valence-electron chi connectivity index (χ0n) is 13.4. The molecule has 2 rings (SSSR count). The molecule has 0 radical (unpaired) electrons. The Bertz CT molecular complexity index is 571. The molecule has 0 unspecified atom stereocenters. The van der Waals surface area contributed by atoms with Gasteiger partial charge in [0.1, 0.15) is 5.82 Å². The summed E-state index contributed by atoms with van der Waals surface area (Å²) in [6, 6.07) is 4.33. The maximum atomic E-state index is 13.3. The largest absolute Gasteiger partial charge is 0.491 e. The molecule has 0 bridgehead atoms. The number of benzene rings is 1. The van der Waals surface area contributed by atoms with Gasteiger partial charge in [0.15, 0.2) is 0 Å². The summed E-state index contributed by atoms with van der Waals surface area (Å²) in [4.78, 5) is 0. The monoisotopic (exact) mass is 324 g/mol. The molecule has 0 spiro atoms. The fourth-order valence-electron chi connectivity index (χ4n) is 2.23. The van der Waals surface area contributed by atoms with E-state index in [4.69, 9.17) is 9.31 Å². The Morgan fingerprint density at radius 2 is 1.86 bits per heavy atom. The highest BCUT2D eigenvalue weighted by molar-refractivity contribution is 7.80. The first-order valence-corrected chi connectivity index (χ1v) is 7.89. The van der Waals surface area contributed by atoms with E-state index in [0.29, 0.717) is 11.3 Å². The average Bonchev–Trinajstić information content (AvgIpc) is 2.65. The topological polar surface area (TPSA) is 38.7 Å². The second-order valence-corrected chi connectivity index (χ2v) is 6.78. The Balaban J connectivity index is 2.34. The third-order valence-corrected chi connectivity index (χ3v) is 4.72. The maximum absolute atomic E-state index is 13.3. The highest BCUT2D eigenvalue weighted by Crippen LogP contribution is 2.39. The predicted octanol–water partition coefficient (Wildman–Crippen LogP) is 3.26. The van der Waals surface area contributed by atoms with Crippen LogP contribution < -0.4 is 0 Å². The lowest BCUT2D eigenvalue weighted by atomic mass is 9.78. The molecule has 0 amide bonds. The molecule has 1 heterocycles. The van der Waals surface area contributed by atoms with Crippen LogP contribution in [0.4, 0.5) is 4.39 Å². The van der Waals surface area contributed by atoms with Crippen LogP contribution in [0.3, 0.4) is 0 Å². The first kappa shape index (κ1) is 17.5. The predicted molar refractivity (Wildman–Crippen MR) is 90.2 cm³/mol. The van der Waals surface area contributed by atoms with Crippen LogP contribution in [0.15, 0.2) is 23.7 Å². The van der Waals surface area contributed by atoms with E-state index in [9.17, 15) is 9.50 Å². The summed E-state index contributed by atoms with van der Waals surface area (Å²) in [6.45, 7) is 7.72. The van der Waals surface area contributed by atoms with Crippen LogP contribution in [0.1, 0.15) is 38.8 Å². The van der Waals surface area contributed by atoms with Crippen LogP contribution in [0.5, 0.6) is 0 Å². The number of aliphatic hydroxyl groups excluding tert-OH is 1. The summed E-state index contributed by atoms with van der Waals surface area (Å²) < 4.78 is 25.3. The molecular formula is C16H22BFO3S. The van der Waals surface area contributed by atoms with Gasteiger partial charge in [0, 0.05) is 5.75 Å². The lowest BCUT2D eigenvalue weighted by molar-refractivity contribution is 0.00578. The van der Waals surface area contributed by atoms with Gasteiger partial charge in [-0.25, -0.2) is 4.39 Å². The molecule has 120 valence electrons. The van der Waals surface area contributed by atoms with Gasteiger partial charge in [-0.1, -0.05) is 12.1 Å². The van der Waals surface area contributed by atoms with Crippen molar-refractivity contribution in [2.75, 3.05) is 5.75 Å². The molecule has 1 fully saturated rings. The van der Waals surface area contributed by atoms with Crippen molar-refractivity contribution in [2.45, 2.75) is 45.5 Å². The first-order valence-electron chi connectivity index (χ1n) is 7.26. The van der Waals surface area contributed by atoms with Gasteiger partial charge in [-0.05, 0) is 56.4 Å². The zero-order valence-corrected chi connectivity index (χ0v) is 14.3. The standard InChI is InChI=1S/C16H22BFO3S/c1-15(2)16(3,4)21-17(20-15)13(10-22)7-11-5-6-14(18)8-12(11)9-19/h5-8,19,22H,9-10H2,1-4H3. The highest BCUT2D eigenvalue weighted by atomic mass is 32.1. The molecule has 22 heavy (non-hydrogen) atoms. The SMILES string of the molecule is CC1(C)OB(C(=Cc2ccc(F)cc2CO)CS)OC1(C)C. The van der Waals surface area contributed by atoms with Gasteiger partial charge >= 0.3 is 7.12 Å². The number of rotatable bonds is 4. The van der Waals surface area contributed by atoms with E-state index in [1.54, 1.807) is 6.07 Å². The van der Waals surface area contributed by atoms with Crippen molar-refractivity contribution in [3.63, 3.8) is 0 Å². The van der Waals surface area contributed by atoms with Gasteiger partial charge in [-0.15, -0.1) is 0 Å². The van der Waals surface area contributed by atoms with Gasteiger partial charge in [-0.2, -0.15) is 12.6 Å². The van der Waals surface area contributed by atoms with Crippen LogP contribution in [-0.4, -0.2) is 29.2 Å². The minimum Gasteiger partial charge on any atom is -0.400 e. The van der Waals surface area contributed by atoms with Crippen LogP contribution >= 0.6 is 12.6 Å². The van der Waals surface area contributed by atoms with Crippen molar-refractivity contribution < 1.29 is 18.8 Å². The zero-order chi connectivity index (χ0) is 16.5. The van der Waals surface area contributed by atoms with Gasteiger partial charge in [0.2, 0.25) is 0 Å². The smallest absolute Gasteiger partial charge is 0.400 e. The highest BCUT2D eigenvalue weighted by Gasteiger charge is 2.52. The Morgan fingerprint density at radius 3 is 2.36 bits per heavy atom. The van der Waals surface area contributed by atoms with E-state index in [-0.39, 0.29) is 12.4 Å². The molecular weight excluding hydrogens is 302 g/mol. The van der Waals surface area contributed by atoms with E-state index < -0.39 is 18.3 Å². The van der Waals surface area contributed by atoms with Crippen molar-refractivity contribution in [3.05, 3.63) is 40.6 Å². The Kier molecular flexibility index (Phi) is 5.07. The Hall–Kier alpha value is -0.815.